The fourth-order valence-electron chi connectivity index (χ4n) is 2.33. The Morgan fingerprint density at radius 2 is 1.86 bits per heavy atom. The van der Waals surface area contributed by atoms with Crippen molar-refractivity contribution in [1.29, 1.82) is 0 Å². The van der Waals surface area contributed by atoms with Crippen LogP contribution in [0.15, 0.2) is 42.6 Å². The van der Waals surface area contributed by atoms with Crippen molar-refractivity contribution in [3.8, 4) is 11.3 Å². The number of nitrogens with zero attached hydrogens (tertiary/aromatic N) is 1. The molecular weight excluding hydrogens is 274 g/mol. The highest BCUT2D eigenvalue weighted by atomic mass is 16.6. The van der Waals surface area contributed by atoms with Gasteiger partial charge in [-0.25, -0.2) is 4.79 Å². The van der Waals surface area contributed by atoms with Crippen molar-refractivity contribution in [3.63, 3.8) is 0 Å². The van der Waals surface area contributed by atoms with Crippen molar-refractivity contribution in [2.24, 2.45) is 0 Å². The third-order valence-electron chi connectivity index (χ3n) is 3.36. The first-order valence-corrected chi connectivity index (χ1v) is 7.91. The van der Waals surface area contributed by atoms with Crippen molar-refractivity contribution < 1.29 is 9.53 Å². The van der Waals surface area contributed by atoms with Gasteiger partial charge in [0.2, 0.25) is 0 Å². The average molecular weight is 299 g/mol. The summed E-state index contributed by atoms with van der Waals surface area (Å²) in [7, 11) is 0. The van der Waals surface area contributed by atoms with Crippen LogP contribution in [0, 0.1) is 0 Å². The number of hydrogen-bond donors (Lipinski definition) is 0. The van der Waals surface area contributed by atoms with E-state index >= 15 is 0 Å². The van der Waals surface area contributed by atoms with Crippen LogP contribution in [0.1, 0.15) is 46.1 Å². The minimum atomic E-state index is -0.501. The van der Waals surface area contributed by atoms with Crippen molar-refractivity contribution in [1.82, 2.24) is 4.57 Å². The Morgan fingerprint density at radius 3 is 2.45 bits per heavy atom. The van der Waals surface area contributed by atoms with Crippen LogP contribution in [-0.2, 0) is 11.2 Å². The predicted octanol–water partition coefficient (Wildman–Crippen LogP) is 5.28. The Hall–Kier alpha value is -2.03. The quantitative estimate of drug-likeness (QED) is 0.769. The fourth-order valence-corrected chi connectivity index (χ4v) is 2.33. The summed E-state index contributed by atoms with van der Waals surface area (Å²) < 4.78 is 7.16. The maximum atomic E-state index is 12.5. The van der Waals surface area contributed by atoms with E-state index in [1.165, 1.54) is 5.56 Å². The Labute approximate surface area is 132 Å². The van der Waals surface area contributed by atoms with E-state index in [9.17, 15) is 4.79 Å². The van der Waals surface area contributed by atoms with Gasteiger partial charge >= 0.3 is 6.09 Å². The van der Waals surface area contributed by atoms with Crippen molar-refractivity contribution in [2.75, 3.05) is 0 Å². The first-order valence-electron chi connectivity index (χ1n) is 7.91. The van der Waals surface area contributed by atoms with E-state index in [1.54, 1.807) is 4.57 Å². The largest absolute Gasteiger partial charge is 0.443 e. The van der Waals surface area contributed by atoms with Crippen molar-refractivity contribution in [2.45, 2.75) is 52.6 Å². The number of hydrogen-bond acceptors (Lipinski definition) is 2. The van der Waals surface area contributed by atoms with Crippen LogP contribution in [-0.4, -0.2) is 16.3 Å². The summed E-state index contributed by atoms with van der Waals surface area (Å²) in [6, 6.07) is 12.1. The molecule has 2 aromatic rings. The van der Waals surface area contributed by atoms with Crippen LogP contribution in [0.5, 0.6) is 0 Å². The lowest BCUT2D eigenvalue weighted by Gasteiger charge is -2.20. The molecule has 1 heterocycles. The minimum Gasteiger partial charge on any atom is -0.443 e. The van der Waals surface area contributed by atoms with Gasteiger partial charge in [-0.05, 0) is 50.8 Å². The molecular formula is C19H25NO2. The van der Waals surface area contributed by atoms with Gasteiger partial charge in [-0.3, -0.25) is 4.57 Å². The molecule has 2 rings (SSSR count). The summed E-state index contributed by atoms with van der Waals surface area (Å²) in [6.45, 7) is 7.82. The fraction of sp³-hybridized carbons (Fsp3) is 0.421. The lowest BCUT2D eigenvalue weighted by atomic mass is 10.1. The number of aryl methyl sites for hydroxylation is 1. The molecule has 0 saturated carbocycles. The molecule has 0 atom stereocenters. The van der Waals surface area contributed by atoms with Gasteiger partial charge in [0.25, 0.3) is 0 Å². The molecule has 118 valence electrons. The number of aromatic nitrogens is 1. The zero-order chi connectivity index (χ0) is 16.2. The smallest absolute Gasteiger partial charge is 0.418 e. The van der Waals surface area contributed by atoms with Crippen molar-refractivity contribution >= 4 is 6.09 Å². The standard InChI is InChI=1S/C19H25NO2/c1-5-6-10-15-13-17(16-11-8-7-9-12-16)20(14-15)18(21)22-19(2,3)4/h7-9,11-14H,5-6,10H2,1-4H3. The maximum Gasteiger partial charge on any atom is 0.418 e. The normalized spacial score (nSPS) is 11.5. The van der Waals surface area contributed by atoms with Crippen LogP contribution in [0.4, 0.5) is 4.79 Å². The predicted molar refractivity (Wildman–Crippen MR) is 90.1 cm³/mol. The molecule has 0 aliphatic heterocycles. The second-order valence-corrected chi connectivity index (χ2v) is 6.55. The van der Waals surface area contributed by atoms with E-state index in [0.717, 1.165) is 30.5 Å². The minimum absolute atomic E-state index is 0.325. The van der Waals surface area contributed by atoms with Crippen LogP contribution in [0.25, 0.3) is 11.3 Å². The van der Waals surface area contributed by atoms with Gasteiger partial charge in [0.1, 0.15) is 5.60 Å². The van der Waals surface area contributed by atoms with E-state index in [1.807, 2.05) is 57.3 Å². The Balaban J connectivity index is 2.37. The second kappa shape index (κ2) is 6.82. The highest BCUT2D eigenvalue weighted by molar-refractivity contribution is 5.79. The second-order valence-electron chi connectivity index (χ2n) is 6.55. The van der Waals surface area contributed by atoms with Gasteiger partial charge in [0, 0.05) is 6.20 Å². The van der Waals surface area contributed by atoms with E-state index in [2.05, 4.69) is 13.0 Å². The highest BCUT2D eigenvalue weighted by Crippen LogP contribution is 2.24. The third-order valence-corrected chi connectivity index (χ3v) is 3.36. The molecule has 1 aromatic carbocycles. The zero-order valence-corrected chi connectivity index (χ0v) is 13.9. The number of carbonyl (C=O) groups is 1. The molecule has 0 saturated heterocycles. The molecule has 0 bridgehead atoms. The molecule has 22 heavy (non-hydrogen) atoms. The van der Waals surface area contributed by atoms with Gasteiger partial charge in [-0.15, -0.1) is 0 Å². The lowest BCUT2D eigenvalue weighted by molar-refractivity contribution is 0.0540. The molecule has 3 heteroatoms. The average Bonchev–Trinajstić information content (AvgIpc) is 2.88. The molecule has 1 aromatic heterocycles. The maximum absolute atomic E-state index is 12.5. The Kier molecular flexibility index (Phi) is 5.07. The van der Waals surface area contributed by atoms with Crippen LogP contribution < -0.4 is 0 Å². The van der Waals surface area contributed by atoms with E-state index in [4.69, 9.17) is 4.74 Å². The first-order chi connectivity index (χ1) is 10.4. The van der Waals surface area contributed by atoms with E-state index < -0.39 is 5.60 Å². The summed E-state index contributed by atoms with van der Waals surface area (Å²) in [5.41, 5.74) is 2.59. The molecule has 0 amide bonds. The SMILES string of the molecule is CCCCc1cc(-c2ccccc2)n(C(=O)OC(C)(C)C)c1. The summed E-state index contributed by atoms with van der Waals surface area (Å²) >= 11 is 0. The topological polar surface area (TPSA) is 31.2 Å². The molecule has 0 unspecified atom stereocenters. The Morgan fingerprint density at radius 1 is 1.18 bits per heavy atom. The number of ether oxygens (including phenoxy) is 1. The number of unbranched alkanes of at least 4 members (excludes halogenated alkanes) is 1. The third kappa shape index (κ3) is 4.23. The van der Waals surface area contributed by atoms with Gasteiger partial charge < -0.3 is 4.74 Å². The molecule has 0 N–H and O–H groups in total. The first kappa shape index (κ1) is 16.3. The molecule has 0 radical (unpaired) electrons. The highest BCUT2D eigenvalue weighted by Gasteiger charge is 2.21. The van der Waals surface area contributed by atoms with Crippen LogP contribution >= 0.6 is 0 Å². The molecule has 3 nitrogen and oxygen atoms in total. The Bertz CT molecular complexity index is 621. The van der Waals surface area contributed by atoms with E-state index in [0.29, 0.717) is 0 Å². The summed E-state index contributed by atoms with van der Waals surface area (Å²) in [6.07, 6.45) is 4.82. The van der Waals surface area contributed by atoms with Gasteiger partial charge in [0.15, 0.2) is 0 Å². The van der Waals surface area contributed by atoms with Gasteiger partial charge in [-0.2, -0.15) is 0 Å². The number of benzene rings is 1. The summed E-state index contributed by atoms with van der Waals surface area (Å²) in [5.74, 6) is 0. The molecule has 0 aliphatic rings. The van der Waals surface area contributed by atoms with Crippen LogP contribution in [0.3, 0.4) is 0 Å². The van der Waals surface area contributed by atoms with Crippen LogP contribution in [0.2, 0.25) is 0 Å². The summed E-state index contributed by atoms with van der Waals surface area (Å²) in [4.78, 5) is 12.5. The zero-order valence-electron chi connectivity index (χ0n) is 13.9. The summed E-state index contributed by atoms with van der Waals surface area (Å²) in [5, 5.41) is 0. The van der Waals surface area contributed by atoms with Gasteiger partial charge in [-0.1, -0.05) is 43.7 Å². The lowest BCUT2D eigenvalue weighted by Crippen LogP contribution is -2.27. The van der Waals surface area contributed by atoms with Gasteiger partial charge in [0.05, 0.1) is 5.69 Å². The number of rotatable bonds is 4. The molecule has 0 aliphatic carbocycles. The number of carbonyl (C=O) groups excluding carboxylic acids is 1. The van der Waals surface area contributed by atoms with E-state index in [-0.39, 0.29) is 6.09 Å². The monoisotopic (exact) mass is 299 g/mol. The molecule has 0 spiro atoms. The van der Waals surface area contributed by atoms with Crippen molar-refractivity contribution in [3.05, 3.63) is 48.2 Å². The molecule has 0 fully saturated rings.